The molecule has 5 nitrogen and oxygen atoms in total. The minimum atomic E-state index is -4.05. The Morgan fingerprint density at radius 2 is 1.59 bits per heavy atom. The smallest absolute Gasteiger partial charge is 0.351 e. The van der Waals surface area contributed by atoms with Crippen molar-refractivity contribution < 1.29 is 17.9 Å². The van der Waals surface area contributed by atoms with Crippen molar-refractivity contribution in [1.82, 2.24) is 0 Å². The molecule has 0 aromatic heterocycles. The second kappa shape index (κ2) is 8.15. The van der Waals surface area contributed by atoms with E-state index in [4.69, 9.17) is 11.6 Å². The number of methoxy groups -OCH3 is 1. The summed E-state index contributed by atoms with van der Waals surface area (Å²) in [7, 11) is -2.92. The second-order valence-corrected chi connectivity index (χ2v) is 9.28. The lowest BCUT2D eigenvalue weighted by Gasteiger charge is -2.19. The van der Waals surface area contributed by atoms with Crippen molar-refractivity contribution in [3.8, 4) is 0 Å². The van der Waals surface area contributed by atoms with Gasteiger partial charge in [-0.3, -0.25) is 0 Å². The van der Waals surface area contributed by atoms with E-state index in [0.717, 1.165) is 18.9 Å². The van der Waals surface area contributed by atoms with E-state index in [2.05, 4.69) is 10.1 Å². The van der Waals surface area contributed by atoms with E-state index in [1.54, 1.807) is 36.4 Å². The Bertz CT molecular complexity index is 941. The van der Waals surface area contributed by atoms with E-state index in [9.17, 15) is 13.2 Å². The predicted molar refractivity (Wildman–Crippen MR) is 108 cm³/mol. The van der Waals surface area contributed by atoms with E-state index in [0.29, 0.717) is 10.7 Å². The normalized spacial score (nSPS) is 12.6. The monoisotopic (exact) mass is 407 g/mol. The van der Waals surface area contributed by atoms with Gasteiger partial charge in [0.25, 0.3) is 0 Å². The third-order valence-corrected chi connectivity index (χ3v) is 5.93. The molecular weight excluding hydrogens is 386 g/mol. The van der Waals surface area contributed by atoms with Crippen molar-refractivity contribution in [2.45, 2.75) is 31.1 Å². The topological polar surface area (TPSA) is 72.5 Å². The number of hydrogen-bond acceptors (Lipinski definition) is 5. The summed E-state index contributed by atoms with van der Waals surface area (Å²) in [6, 6.07) is 13.1. The van der Waals surface area contributed by atoms with Crippen LogP contribution in [0.3, 0.4) is 0 Å². The number of halogens is 1. The molecule has 0 saturated carbocycles. The molecule has 2 rings (SSSR count). The van der Waals surface area contributed by atoms with E-state index in [1.165, 1.54) is 12.1 Å². The van der Waals surface area contributed by atoms with Gasteiger partial charge < -0.3 is 10.1 Å². The first-order valence-corrected chi connectivity index (χ1v) is 10.1. The van der Waals surface area contributed by atoms with Gasteiger partial charge in [-0.2, -0.15) is 0 Å². The highest BCUT2D eigenvalue weighted by molar-refractivity contribution is 7.96. The fraction of sp³-hybridized carbons (Fsp3) is 0.250. The lowest BCUT2D eigenvalue weighted by molar-refractivity contribution is -0.135. The standard InChI is InChI=1S/C20H22ClNO4S/c1-20(2,3)14-5-11-17(12-6-14)27(24,25)18(19(23)26-4)13-22-16-9-7-15(21)8-10-16/h5-13,22H,1-4H3. The molecule has 0 heterocycles. The first kappa shape index (κ1) is 21.0. The molecule has 0 saturated heterocycles. The van der Waals surface area contributed by atoms with Gasteiger partial charge in [0.05, 0.1) is 12.0 Å². The number of carbonyl (C=O) groups is 1. The minimum absolute atomic E-state index is 0.0186. The summed E-state index contributed by atoms with van der Waals surface area (Å²) in [5.74, 6) is -0.948. The van der Waals surface area contributed by atoms with E-state index in [-0.39, 0.29) is 10.3 Å². The van der Waals surface area contributed by atoms with Gasteiger partial charge in [0, 0.05) is 16.9 Å². The summed E-state index contributed by atoms with van der Waals surface area (Å²) in [5.41, 5.74) is 1.46. The Morgan fingerprint density at radius 3 is 2.07 bits per heavy atom. The van der Waals surface area contributed by atoms with Gasteiger partial charge in [-0.15, -0.1) is 0 Å². The van der Waals surface area contributed by atoms with Gasteiger partial charge in [-0.1, -0.05) is 44.5 Å². The van der Waals surface area contributed by atoms with Gasteiger partial charge in [0.2, 0.25) is 9.84 Å². The van der Waals surface area contributed by atoms with Crippen LogP contribution in [0, 0.1) is 0 Å². The summed E-state index contributed by atoms with van der Waals surface area (Å²) in [6.45, 7) is 6.10. The van der Waals surface area contributed by atoms with E-state index in [1.807, 2.05) is 20.8 Å². The maximum atomic E-state index is 12.9. The molecule has 0 aliphatic carbocycles. The molecule has 2 aromatic rings. The highest BCUT2D eigenvalue weighted by atomic mass is 35.5. The largest absolute Gasteiger partial charge is 0.465 e. The lowest BCUT2D eigenvalue weighted by Crippen LogP contribution is -2.17. The average Bonchev–Trinajstić information content (AvgIpc) is 2.62. The third-order valence-electron chi connectivity index (χ3n) is 3.92. The number of sulfone groups is 1. The molecule has 0 spiro atoms. The molecule has 2 aromatic carbocycles. The lowest BCUT2D eigenvalue weighted by atomic mass is 9.87. The number of esters is 1. The molecule has 7 heteroatoms. The van der Waals surface area contributed by atoms with Crippen LogP contribution in [-0.2, 0) is 24.8 Å². The van der Waals surface area contributed by atoms with Gasteiger partial charge in [-0.05, 0) is 47.4 Å². The molecule has 0 amide bonds. The summed E-state index contributed by atoms with van der Waals surface area (Å²) >= 11 is 5.83. The fourth-order valence-electron chi connectivity index (χ4n) is 2.30. The minimum Gasteiger partial charge on any atom is -0.465 e. The number of nitrogens with one attached hydrogen (secondary N) is 1. The molecule has 27 heavy (non-hydrogen) atoms. The molecule has 0 radical (unpaired) electrons. The Labute approximate surface area is 164 Å². The van der Waals surface area contributed by atoms with Crippen LogP contribution in [0.4, 0.5) is 5.69 Å². The van der Waals surface area contributed by atoms with Crippen LogP contribution in [0.1, 0.15) is 26.3 Å². The molecule has 0 aliphatic heterocycles. The number of rotatable bonds is 5. The maximum absolute atomic E-state index is 12.9. The van der Waals surface area contributed by atoms with Crippen LogP contribution in [0.15, 0.2) is 64.5 Å². The zero-order valence-corrected chi connectivity index (χ0v) is 17.2. The van der Waals surface area contributed by atoms with Gasteiger partial charge in [0.15, 0.2) is 4.91 Å². The molecular formula is C20H22ClNO4S. The first-order valence-electron chi connectivity index (χ1n) is 8.22. The quantitative estimate of drug-likeness (QED) is 0.582. The molecule has 0 fully saturated rings. The van der Waals surface area contributed by atoms with Crippen molar-refractivity contribution >= 4 is 33.1 Å². The average molecular weight is 408 g/mol. The number of ether oxygens (including phenoxy) is 1. The summed E-state index contributed by atoms with van der Waals surface area (Å²) in [4.78, 5) is 11.6. The molecule has 144 valence electrons. The van der Waals surface area contributed by atoms with Crippen LogP contribution in [0.2, 0.25) is 5.02 Å². The Balaban J connectivity index is 2.40. The third kappa shape index (κ3) is 5.11. The SMILES string of the molecule is COC(=O)C(=CNc1ccc(Cl)cc1)S(=O)(=O)c1ccc(C(C)(C)C)cc1. The Morgan fingerprint density at radius 1 is 1.04 bits per heavy atom. The van der Waals surface area contributed by atoms with Crippen molar-refractivity contribution in [3.05, 3.63) is 70.2 Å². The summed E-state index contributed by atoms with van der Waals surface area (Å²) in [5, 5.41) is 3.34. The second-order valence-electron chi connectivity index (χ2n) is 6.93. The highest BCUT2D eigenvalue weighted by Crippen LogP contribution is 2.26. The summed E-state index contributed by atoms with van der Waals surface area (Å²) < 4.78 is 30.5. The van der Waals surface area contributed by atoms with Crippen LogP contribution in [-0.4, -0.2) is 21.5 Å². The van der Waals surface area contributed by atoms with Crippen LogP contribution in [0.25, 0.3) is 0 Å². The predicted octanol–water partition coefficient (Wildman–Crippen LogP) is 4.54. The molecule has 0 atom stereocenters. The van der Waals surface area contributed by atoms with Crippen LogP contribution in [0.5, 0.6) is 0 Å². The van der Waals surface area contributed by atoms with Crippen molar-refractivity contribution in [3.63, 3.8) is 0 Å². The highest BCUT2D eigenvalue weighted by Gasteiger charge is 2.28. The van der Waals surface area contributed by atoms with Crippen molar-refractivity contribution in [2.75, 3.05) is 12.4 Å². The molecule has 1 N–H and O–H groups in total. The van der Waals surface area contributed by atoms with Gasteiger partial charge >= 0.3 is 5.97 Å². The van der Waals surface area contributed by atoms with Crippen molar-refractivity contribution in [1.29, 1.82) is 0 Å². The van der Waals surface area contributed by atoms with E-state index >= 15 is 0 Å². The zero-order chi connectivity index (χ0) is 20.2. The Kier molecular flexibility index (Phi) is 6.34. The number of benzene rings is 2. The first-order chi connectivity index (χ1) is 12.6. The summed E-state index contributed by atoms with van der Waals surface area (Å²) in [6.07, 6.45) is 1.13. The molecule has 0 aliphatic rings. The number of hydrogen-bond donors (Lipinski definition) is 1. The fourth-order valence-corrected chi connectivity index (χ4v) is 3.69. The van der Waals surface area contributed by atoms with Gasteiger partial charge in [-0.25, -0.2) is 13.2 Å². The number of carbonyl (C=O) groups excluding carboxylic acids is 1. The maximum Gasteiger partial charge on any atom is 0.351 e. The zero-order valence-electron chi connectivity index (χ0n) is 15.6. The van der Waals surface area contributed by atoms with Crippen molar-refractivity contribution in [2.24, 2.45) is 0 Å². The van der Waals surface area contributed by atoms with Crippen LogP contribution >= 0.6 is 11.6 Å². The van der Waals surface area contributed by atoms with Gasteiger partial charge in [0.1, 0.15) is 0 Å². The number of anilines is 1. The molecule has 0 bridgehead atoms. The molecule has 0 unspecified atom stereocenters. The van der Waals surface area contributed by atoms with E-state index < -0.39 is 20.7 Å². The Hall–Kier alpha value is -2.31. The van der Waals surface area contributed by atoms with Crippen LogP contribution < -0.4 is 5.32 Å².